The lowest BCUT2D eigenvalue weighted by atomic mass is 10.0. The quantitative estimate of drug-likeness (QED) is 0.651. The fraction of sp³-hybridized carbons (Fsp3) is 0.714. The molecule has 4 heteroatoms. The molecule has 0 aromatic carbocycles. The first-order valence-corrected chi connectivity index (χ1v) is 6.67. The van der Waals surface area contributed by atoms with E-state index in [1.807, 2.05) is 27.7 Å². The van der Waals surface area contributed by atoms with E-state index in [-0.39, 0.29) is 17.9 Å². The number of amides is 2. The molecule has 0 fully saturated rings. The highest BCUT2D eigenvalue weighted by Crippen LogP contribution is 2.06. The summed E-state index contributed by atoms with van der Waals surface area (Å²) in [5, 5.41) is 5.65. The molecule has 0 saturated heterocycles. The van der Waals surface area contributed by atoms with Gasteiger partial charge in [-0.2, -0.15) is 0 Å². The smallest absolute Gasteiger partial charge is 0.244 e. The van der Waals surface area contributed by atoms with Crippen LogP contribution in [0.25, 0.3) is 0 Å². The van der Waals surface area contributed by atoms with Gasteiger partial charge in [-0.1, -0.05) is 34.3 Å². The van der Waals surface area contributed by atoms with Crippen molar-refractivity contribution in [3.8, 4) is 0 Å². The maximum absolute atomic E-state index is 12.1. The van der Waals surface area contributed by atoms with E-state index in [9.17, 15) is 9.59 Å². The SMILES string of the molecule is C=CC(=O)N[C@H](CC(C)C)C(=O)NC(CC)CC. The minimum Gasteiger partial charge on any atom is -0.352 e. The number of rotatable bonds is 8. The molecule has 0 spiro atoms. The summed E-state index contributed by atoms with van der Waals surface area (Å²) in [6.45, 7) is 11.5. The lowest BCUT2D eigenvalue weighted by molar-refractivity contribution is -0.128. The third-order valence-electron chi connectivity index (χ3n) is 2.86. The Labute approximate surface area is 110 Å². The molecule has 0 aromatic rings. The second-order valence-corrected chi connectivity index (χ2v) is 4.92. The van der Waals surface area contributed by atoms with Crippen molar-refractivity contribution in [1.82, 2.24) is 10.6 Å². The van der Waals surface area contributed by atoms with Crippen molar-refractivity contribution >= 4 is 11.8 Å². The van der Waals surface area contributed by atoms with Crippen LogP contribution in [0, 0.1) is 5.92 Å². The van der Waals surface area contributed by atoms with Gasteiger partial charge in [0.15, 0.2) is 0 Å². The van der Waals surface area contributed by atoms with E-state index in [1.54, 1.807) is 0 Å². The van der Waals surface area contributed by atoms with Gasteiger partial charge < -0.3 is 10.6 Å². The molecular formula is C14H26N2O2. The average Bonchev–Trinajstić information content (AvgIpc) is 2.33. The Kier molecular flexibility index (Phi) is 8.08. The molecule has 1 atom stereocenters. The van der Waals surface area contributed by atoms with E-state index < -0.39 is 6.04 Å². The highest BCUT2D eigenvalue weighted by Gasteiger charge is 2.22. The van der Waals surface area contributed by atoms with E-state index in [4.69, 9.17) is 0 Å². The lowest BCUT2D eigenvalue weighted by Crippen LogP contribution is -2.49. The Morgan fingerprint density at radius 2 is 1.72 bits per heavy atom. The summed E-state index contributed by atoms with van der Waals surface area (Å²) >= 11 is 0. The largest absolute Gasteiger partial charge is 0.352 e. The van der Waals surface area contributed by atoms with Gasteiger partial charge in [0.2, 0.25) is 11.8 Å². The zero-order valence-corrected chi connectivity index (χ0v) is 12.0. The van der Waals surface area contributed by atoms with Crippen LogP contribution in [0.1, 0.15) is 47.0 Å². The molecule has 0 aromatic heterocycles. The molecule has 4 nitrogen and oxygen atoms in total. The van der Waals surface area contributed by atoms with Crippen molar-refractivity contribution in [3.63, 3.8) is 0 Å². The molecule has 0 unspecified atom stereocenters. The Morgan fingerprint density at radius 3 is 2.11 bits per heavy atom. The van der Waals surface area contributed by atoms with Crippen molar-refractivity contribution < 1.29 is 9.59 Å². The number of nitrogens with one attached hydrogen (secondary N) is 2. The van der Waals surface area contributed by atoms with E-state index in [0.29, 0.717) is 12.3 Å². The Balaban J connectivity index is 4.57. The van der Waals surface area contributed by atoms with Crippen molar-refractivity contribution in [3.05, 3.63) is 12.7 Å². The molecule has 104 valence electrons. The Morgan fingerprint density at radius 1 is 1.17 bits per heavy atom. The first-order chi connectivity index (χ1) is 8.44. The molecule has 0 aliphatic heterocycles. The topological polar surface area (TPSA) is 58.2 Å². The van der Waals surface area contributed by atoms with Gasteiger partial charge >= 0.3 is 0 Å². The summed E-state index contributed by atoms with van der Waals surface area (Å²) in [6, 6.07) is -0.302. The Hall–Kier alpha value is -1.32. The fourth-order valence-corrected chi connectivity index (χ4v) is 1.73. The van der Waals surface area contributed by atoms with Crippen LogP contribution < -0.4 is 10.6 Å². The lowest BCUT2D eigenvalue weighted by Gasteiger charge is -2.22. The maximum atomic E-state index is 12.1. The minimum absolute atomic E-state index is 0.104. The second kappa shape index (κ2) is 8.72. The molecule has 2 N–H and O–H groups in total. The highest BCUT2D eigenvalue weighted by atomic mass is 16.2. The number of hydrogen-bond acceptors (Lipinski definition) is 2. The normalized spacial score (nSPS) is 12.3. The van der Waals surface area contributed by atoms with Gasteiger partial charge in [-0.3, -0.25) is 9.59 Å². The molecule has 0 bridgehead atoms. The third kappa shape index (κ3) is 6.42. The summed E-state index contributed by atoms with van der Waals surface area (Å²) in [4.78, 5) is 23.4. The van der Waals surface area contributed by atoms with Gasteiger partial charge in [0.1, 0.15) is 6.04 Å². The van der Waals surface area contributed by atoms with Gasteiger partial charge in [0.25, 0.3) is 0 Å². The zero-order chi connectivity index (χ0) is 14.1. The van der Waals surface area contributed by atoms with Crippen LogP contribution >= 0.6 is 0 Å². The molecule has 0 heterocycles. The van der Waals surface area contributed by atoms with E-state index in [1.165, 1.54) is 6.08 Å². The van der Waals surface area contributed by atoms with Crippen LogP contribution in [0.5, 0.6) is 0 Å². The first-order valence-electron chi connectivity index (χ1n) is 6.67. The standard InChI is InChI=1S/C14H26N2O2/c1-6-11(7-2)15-14(18)12(9-10(4)5)16-13(17)8-3/h8,10-12H,3,6-7,9H2,1-2,4-5H3,(H,15,18)(H,16,17)/t12-/m1/s1. The van der Waals surface area contributed by atoms with E-state index >= 15 is 0 Å². The Bertz CT molecular complexity index is 284. The number of carbonyl (C=O) groups excluding carboxylic acids is 2. The molecule has 0 aliphatic carbocycles. The molecule has 0 rings (SSSR count). The molecular weight excluding hydrogens is 228 g/mol. The number of carbonyl (C=O) groups is 2. The summed E-state index contributed by atoms with van der Waals surface area (Å²) in [5.74, 6) is -0.0690. The fourth-order valence-electron chi connectivity index (χ4n) is 1.73. The summed E-state index contributed by atoms with van der Waals surface area (Å²) in [6.07, 6.45) is 3.61. The van der Waals surface area contributed by atoms with Crippen LogP contribution in [-0.4, -0.2) is 23.9 Å². The van der Waals surface area contributed by atoms with Crippen LogP contribution in [0.4, 0.5) is 0 Å². The molecule has 0 radical (unpaired) electrons. The van der Waals surface area contributed by atoms with Crippen molar-refractivity contribution in [2.24, 2.45) is 5.92 Å². The van der Waals surface area contributed by atoms with Crippen molar-refractivity contribution in [2.75, 3.05) is 0 Å². The third-order valence-corrected chi connectivity index (χ3v) is 2.86. The average molecular weight is 254 g/mol. The number of hydrogen-bond donors (Lipinski definition) is 2. The van der Waals surface area contributed by atoms with Gasteiger partial charge in [-0.25, -0.2) is 0 Å². The van der Waals surface area contributed by atoms with Crippen molar-refractivity contribution in [1.29, 1.82) is 0 Å². The molecule has 18 heavy (non-hydrogen) atoms. The molecule has 2 amide bonds. The van der Waals surface area contributed by atoms with E-state index in [0.717, 1.165) is 12.8 Å². The van der Waals surface area contributed by atoms with Gasteiger partial charge in [0.05, 0.1) is 0 Å². The highest BCUT2D eigenvalue weighted by molar-refractivity contribution is 5.92. The second-order valence-electron chi connectivity index (χ2n) is 4.92. The maximum Gasteiger partial charge on any atom is 0.244 e. The summed E-state index contributed by atoms with van der Waals surface area (Å²) in [7, 11) is 0. The van der Waals surface area contributed by atoms with Crippen LogP contribution in [0.15, 0.2) is 12.7 Å². The van der Waals surface area contributed by atoms with Gasteiger partial charge in [-0.15, -0.1) is 0 Å². The molecule has 0 saturated carbocycles. The van der Waals surface area contributed by atoms with Gasteiger partial charge in [0, 0.05) is 6.04 Å². The van der Waals surface area contributed by atoms with E-state index in [2.05, 4.69) is 17.2 Å². The minimum atomic E-state index is -0.476. The zero-order valence-electron chi connectivity index (χ0n) is 12.0. The predicted octanol–water partition coefficient (Wildman–Crippen LogP) is 2.01. The van der Waals surface area contributed by atoms with Crippen LogP contribution in [0.3, 0.4) is 0 Å². The summed E-state index contributed by atoms with van der Waals surface area (Å²) < 4.78 is 0. The summed E-state index contributed by atoms with van der Waals surface area (Å²) in [5.41, 5.74) is 0. The van der Waals surface area contributed by atoms with Gasteiger partial charge in [-0.05, 0) is 31.3 Å². The monoisotopic (exact) mass is 254 g/mol. The van der Waals surface area contributed by atoms with Crippen molar-refractivity contribution in [2.45, 2.75) is 59.0 Å². The first kappa shape index (κ1) is 16.7. The van der Waals surface area contributed by atoms with Crippen LogP contribution in [-0.2, 0) is 9.59 Å². The van der Waals surface area contributed by atoms with Crippen LogP contribution in [0.2, 0.25) is 0 Å². The predicted molar refractivity (Wildman–Crippen MR) is 74.1 cm³/mol. The molecule has 0 aliphatic rings.